The quantitative estimate of drug-likeness (QED) is 0.667. The maximum Gasteiger partial charge on any atom is 0.0870 e. The molecule has 2 aliphatic heterocycles. The third-order valence-corrected chi connectivity index (χ3v) is 6.11. The molecule has 0 bridgehead atoms. The Morgan fingerprint density at radius 2 is 1.55 bits per heavy atom. The van der Waals surface area contributed by atoms with E-state index in [0.29, 0.717) is 0 Å². The fraction of sp³-hybridized carbons (Fsp3) is 0.375. The van der Waals surface area contributed by atoms with E-state index in [4.69, 9.17) is 4.74 Å². The maximum atomic E-state index is 6.14. The van der Waals surface area contributed by atoms with E-state index in [-0.39, 0.29) is 6.10 Å². The molecule has 0 amide bonds. The highest BCUT2D eigenvalue weighted by atomic mass is 16.5. The minimum Gasteiger partial charge on any atom is -0.373 e. The summed E-state index contributed by atoms with van der Waals surface area (Å²) >= 11 is 0. The van der Waals surface area contributed by atoms with Crippen LogP contribution in [0.1, 0.15) is 23.8 Å². The van der Waals surface area contributed by atoms with E-state index in [1.807, 2.05) is 12.3 Å². The zero-order valence-corrected chi connectivity index (χ0v) is 16.8. The van der Waals surface area contributed by atoms with Crippen LogP contribution < -0.4 is 4.90 Å². The number of piperazine rings is 1. The lowest BCUT2D eigenvalue weighted by molar-refractivity contribution is 0.0281. The monoisotopic (exact) mass is 388 g/mol. The van der Waals surface area contributed by atoms with E-state index in [1.165, 1.54) is 16.9 Å². The molecule has 0 N–H and O–H groups in total. The summed E-state index contributed by atoms with van der Waals surface area (Å²) in [5, 5.41) is 4.67. The molecule has 0 saturated carbocycles. The molecule has 5 heteroatoms. The van der Waals surface area contributed by atoms with E-state index < -0.39 is 0 Å². The number of para-hydroxylation sites is 2. The summed E-state index contributed by atoms with van der Waals surface area (Å²) in [6.45, 7) is 6.25. The number of hydrogen-bond donors (Lipinski definition) is 0. The van der Waals surface area contributed by atoms with Crippen LogP contribution in [0.5, 0.6) is 0 Å². The van der Waals surface area contributed by atoms with Crippen LogP contribution in [0, 0.1) is 0 Å². The zero-order chi connectivity index (χ0) is 19.5. The van der Waals surface area contributed by atoms with Crippen molar-refractivity contribution in [2.45, 2.75) is 18.9 Å². The minimum absolute atomic E-state index is 0.156. The van der Waals surface area contributed by atoms with Crippen molar-refractivity contribution in [2.24, 2.45) is 0 Å². The first-order valence-electron chi connectivity index (χ1n) is 10.6. The predicted octanol–water partition coefficient (Wildman–Crippen LogP) is 3.70. The minimum atomic E-state index is 0.156. The molecule has 29 heavy (non-hydrogen) atoms. The zero-order valence-electron chi connectivity index (χ0n) is 16.8. The van der Waals surface area contributed by atoms with Crippen molar-refractivity contribution in [3.63, 3.8) is 0 Å². The van der Waals surface area contributed by atoms with Crippen molar-refractivity contribution in [2.75, 3.05) is 44.2 Å². The van der Waals surface area contributed by atoms with Gasteiger partial charge < -0.3 is 9.64 Å². The molecule has 1 unspecified atom stereocenters. The molecule has 2 aromatic carbocycles. The van der Waals surface area contributed by atoms with Crippen molar-refractivity contribution in [1.82, 2.24) is 14.7 Å². The van der Waals surface area contributed by atoms with Crippen molar-refractivity contribution >= 4 is 5.69 Å². The molecule has 0 spiro atoms. The Morgan fingerprint density at radius 1 is 0.862 bits per heavy atom. The molecule has 0 aliphatic carbocycles. The van der Waals surface area contributed by atoms with Gasteiger partial charge in [0.05, 0.1) is 30.3 Å². The van der Waals surface area contributed by atoms with Crippen LogP contribution in [-0.2, 0) is 11.2 Å². The standard InChI is InChI=1S/C24H28N4O/c1-3-7-20(8-4-1)27-16-14-26(15-17-27)13-11-24-22-19-25-28(23(22)12-18-29-24)21-9-5-2-6-10-21/h1-10,19,24H,11-18H2. The number of hydrogen-bond acceptors (Lipinski definition) is 4. The van der Waals surface area contributed by atoms with E-state index >= 15 is 0 Å². The van der Waals surface area contributed by atoms with Crippen LogP contribution in [0.25, 0.3) is 5.69 Å². The van der Waals surface area contributed by atoms with E-state index in [1.54, 1.807) is 0 Å². The van der Waals surface area contributed by atoms with Crippen LogP contribution in [0.4, 0.5) is 5.69 Å². The van der Waals surface area contributed by atoms with Gasteiger partial charge in [0.1, 0.15) is 0 Å². The highest BCUT2D eigenvalue weighted by Gasteiger charge is 2.26. The largest absolute Gasteiger partial charge is 0.373 e. The molecule has 150 valence electrons. The average molecular weight is 389 g/mol. The number of rotatable bonds is 5. The molecule has 0 radical (unpaired) electrons. The molecule has 1 fully saturated rings. The van der Waals surface area contributed by atoms with Gasteiger partial charge in [-0.05, 0) is 30.7 Å². The smallest absolute Gasteiger partial charge is 0.0870 e. The van der Waals surface area contributed by atoms with E-state index in [2.05, 4.69) is 74.2 Å². The lowest BCUT2D eigenvalue weighted by Gasteiger charge is -2.37. The average Bonchev–Trinajstić information content (AvgIpc) is 3.24. The summed E-state index contributed by atoms with van der Waals surface area (Å²) in [4.78, 5) is 5.05. The summed E-state index contributed by atoms with van der Waals surface area (Å²) in [6, 6.07) is 21.1. The Bertz CT molecular complexity index is 917. The van der Waals surface area contributed by atoms with Crippen LogP contribution in [-0.4, -0.2) is 54.0 Å². The van der Waals surface area contributed by atoms with Crippen LogP contribution >= 0.6 is 0 Å². The first-order valence-corrected chi connectivity index (χ1v) is 10.6. The van der Waals surface area contributed by atoms with Crippen molar-refractivity contribution in [3.05, 3.63) is 78.1 Å². The van der Waals surface area contributed by atoms with Gasteiger partial charge >= 0.3 is 0 Å². The molecular weight excluding hydrogens is 360 g/mol. The van der Waals surface area contributed by atoms with Crippen LogP contribution in [0.15, 0.2) is 66.9 Å². The molecule has 1 aromatic heterocycles. The summed E-state index contributed by atoms with van der Waals surface area (Å²) < 4.78 is 8.23. The van der Waals surface area contributed by atoms with E-state index in [9.17, 15) is 0 Å². The van der Waals surface area contributed by atoms with Gasteiger partial charge in [-0.3, -0.25) is 4.90 Å². The van der Waals surface area contributed by atoms with Crippen LogP contribution in [0.2, 0.25) is 0 Å². The van der Waals surface area contributed by atoms with Crippen molar-refractivity contribution < 1.29 is 4.74 Å². The Kier molecular flexibility index (Phi) is 5.33. The van der Waals surface area contributed by atoms with E-state index in [0.717, 1.165) is 57.9 Å². The Morgan fingerprint density at radius 3 is 2.28 bits per heavy atom. The molecule has 1 atom stereocenters. The van der Waals surface area contributed by atoms with Gasteiger partial charge in [-0.25, -0.2) is 4.68 Å². The number of aromatic nitrogens is 2. The Hall–Kier alpha value is -2.63. The molecule has 5 rings (SSSR count). The lowest BCUT2D eigenvalue weighted by Crippen LogP contribution is -2.46. The number of ether oxygens (including phenoxy) is 1. The van der Waals surface area contributed by atoms with Crippen molar-refractivity contribution in [3.8, 4) is 5.69 Å². The number of nitrogens with zero attached hydrogens (tertiary/aromatic N) is 4. The third-order valence-electron chi connectivity index (χ3n) is 6.11. The van der Waals surface area contributed by atoms with Gasteiger partial charge in [0, 0.05) is 50.4 Å². The third kappa shape index (κ3) is 3.93. The first-order chi connectivity index (χ1) is 14.4. The van der Waals surface area contributed by atoms with Crippen LogP contribution in [0.3, 0.4) is 0 Å². The van der Waals surface area contributed by atoms with Crippen molar-refractivity contribution in [1.29, 1.82) is 0 Å². The van der Waals surface area contributed by atoms with Gasteiger partial charge in [-0.15, -0.1) is 0 Å². The molecular formula is C24H28N4O. The maximum absolute atomic E-state index is 6.14. The van der Waals surface area contributed by atoms with Gasteiger partial charge in [0.25, 0.3) is 0 Å². The van der Waals surface area contributed by atoms with Gasteiger partial charge in [-0.1, -0.05) is 36.4 Å². The predicted molar refractivity (Wildman–Crippen MR) is 116 cm³/mol. The number of fused-ring (bicyclic) bond motifs is 1. The topological polar surface area (TPSA) is 33.5 Å². The molecule has 3 heterocycles. The van der Waals surface area contributed by atoms with Gasteiger partial charge in [-0.2, -0.15) is 5.10 Å². The highest BCUT2D eigenvalue weighted by Crippen LogP contribution is 2.31. The summed E-state index contributed by atoms with van der Waals surface area (Å²) in [5.41, 5.74) is 5.04. The SMILES string of the molecule is c1ccc(N2CCN(CCC3OCCc4c3cnn4-c3ccccc3)CC2)cc1. The number of anilines is 1. The second-order valence-electron chi connectivity index (χ2n) is 7.86. The van der Waals surface area contributed by atoms with Gasteiger partial charge in [0.2, 0.25) is 0 Å². The molecule has 1 saturated heterocycles. The normalized spacial score (nSPS) is 19.9. The first kappa shape index (κ1) is 18.4. The summed E-state index contributed by atoms with van der Waals surface area (Å²) in [6.07, 6.45) is 4.12. The lowest BCUT2D eigenvalue weighted by atomic mass is 10.0. The Labute approximate surface area is 172 Å². The fourth-order valence-electron chi connectivity index (χ4n) is 4.49. The molecule has 5 nitrogen and oxygen atoms in total. The summed E-state index contributed by atoms with van der Waals surface area (Å²) in [7, 11) is 0. The second kappa shape index (κ2) is 8.39. The second-order valence-corrected chi connectivity index (χ2v) is 7.86. The summed E-state index contributed by atoms with van der Waals surface area (Å²) in [5.74, 6) is 0. The fourth-order valence-corrected chi connectivity index (χ4v) is 4.49. The molecule has 3 aromatic rings. The number of benzene rings is 2. The molecule has 2 aliphatic rings. The van der Waals surface area contributed by atoms with Gasteiger partial charge in [0.15, 0.2) is 0 Å². The highest BCUT2D eigenvalue weighted by molar-refractivity contribution is 5.46. The Balaban J connectivity index is 1.20.